The van der Waals surface area contributed by atoms with E-state index >= 15 is 0 Å². The third kappa shape index (κ3) is 3.54. The van der Waals surface area contributed by atoms with Gasteiger partial charge < -0.3 is 0 Å². The van der Waals surface area contributed by atoms with Gasteiger partial charge in [0.25, 0.3) is 0 Å². The summed E-state index contributed by atoms with van der Waals surface area (Å²) in [7, 11) is -1.53. The van der Waals surface area contributed by atoms with Crippen LogP contribution in [-0.4, -0.2) is 6.16 Å². The normalized spacial score (nSPS) is 10.6. The van der Waals surface area contributed by atoms with Crippen LogP contribution in [-0.2, 0) is 0 Å². The molecular weight excluding hydrogens is 295 g/mol. The van der Waals surface area contributed by atoms with E-state index < -0.39 is 7.26 Å². The SMILES string of the molecule is CC.CC[P+](c1ccccc1)(c1ccccc1)c1ccccc1. The Balaban J connectivity index is 0.000000924. The van der Waals surface area contributed by atoms with Crippen LogP contribution >= 0.6 is 7.26 Å². The van der Waals surface area contributed by atoms with E-state index in [1.807, 2.05) is 13.8 Å². The molecule has 0 nitrogen and oxygen atoms in total. The maximum Gasteiger partial charge on any atom is 0.111 e. The van der Waals surface area contributed by atoms with Crippen LogP contribution < -0.4 is 15.9 Å². The highest BCUT2D eigenvalue weighted by molar-refractivity contribution is 7.95. The molecule has 0 radical (unpaired) electrons. The fourth-order valence-electron chi connectivity index (χ4n) is 3.04. The van der Waals surface area contributed by atoms with Crippen LogP contribution in [0.2, 0.25) is 0 Å². The van der Waals surface area contributed by atoms with Gasteiger partial charge in [-0.3, -0.25) is 0 Å². The highest BCUT2D eigenvalue weighted by Crippen LogP contribution is 2.54. The molecule has 3 aromatic carbocycles. The molecule has 0 bridgehead atoms. The standard InChI is InChI=1S/C20H20P.C2H6/c1-2-21(18-12-6-3-7-13-18,19-14-8-4-9-15-19)20-16-10-5-11-17-20;1-2/h3-17H,2H2,1H3;1-2H3/q+1;. The Morgan fingerprint density at radius 1 is 0.522 bits per heavy atom. The van der Waals surface area contributed by atoms with Gasteiger partial charge in [-0.05, 0) is 43.3 Å². The lowest BCUT2D eigenvalue weighted by molar-refractivity contribution is 1.48. The maximum absolute atomic E-state index is 2.32. The van der Waals surface area contributed by atoms with Gasteiger partial charge in [-0.1, -0.05) is 68.4 Å². The van der Waals surface area contributed by atoms with Crippen LogP contribution in [0.1, 0.15) is 20.8 Å². The molecule has 3 rings (SSSR count). The molecule has 0 unspecified atom stereocenters. The molecule has 0 atom stereocenters. The predicted octanol–water partition coefficient (Wildman–Crippen LogP) is 5.03. The van der Waals surface area contributed by atoms with Gasteiger partial charge in [-0.25, -0.2) is 0 Å². The highest BCUT2D eigenvalue weighted by Gasteiger charge is 2.43. The maximum atomic E-state index is 2.32. The van der Waals surface area contributed by atoms with Crippen molar-refractivity contribution in [3.8, 4) is 0 Å². The van der Waals surface area contributed by atoms with Crippen molar-refractivity contribution in [2.45, 2.75) is 20.8 Å². The second-order valence-electron chi connectivity index (χ2n) is 5.13. The van der Waals surface area contributed by atoms with E-state index in [0.29, 0.717) is 0 Å². The highest BCUT2D eigenvalue weighted by atomic mass is 31.2. The summed E-state index contributed by atoms with van der Waals surface area (Å²) in [5.41, 5.74) is 0. The van der Waals surface area contributed by atoms with E-state index in [1.54, 1.807) is 0 Å². The molecule has 118 valence electrons. The molecule has 0 N–H and O–H groups in total. The summed E-state index contributed by atoms with van der Waals surface area (Å²) in [5.74, 6) is 0. The molecule has 0 amide bonds. The molecule has 0 aliphatic rings. The fourth-order valence-corrected chi connectivity index (χ4v) is 7.08. The predicted molar refractivity (Wildman–Crippen MR) is 107 cm³/mol. The van der Waals surface area contributed by atoms with Crippen molar-refractivity contribution in [2.24, 2.45) is 0 Å². The first-order valence-electron chi connectivity index (χ1n) is 8.43. The molecule has 0 saturated carbocycles. The average molecular weight is 321 g/mol. The molecule has 1 heteroatoms. The first kappa shape index (κ1) is 17.4. The first-order chi connectivity index (χ1) is 11.4. The van der Waals surface area contributed by atoms with E-state index in [0.717, 1.165) is 6.16 Å². The Kier molecular flexibility index (Phi) is 6.56. The van der Waals surface area contributed by atoms with E-state index in [9.17, 15) is 0 Å². The Labute approximate surface area is 141 Å². The van der Waals surface area contributed by atoms with Crippen LogP contribution in [0.4, 0.5) is 0 Å². The van der Waals surface area contributed by atoms with Crippen LogP contribution in [0, 0.1) is 0 Å². The number of hydrogen-bond acceptors (Lipinski definition) is 0. The minimum atomic E-state index is -1.53. The molecule has 0 aliphatic carbocycles. The topological polar surface area (TPSA) is 0 Å². The van der Waals surface area contributed by atoms with Crippen molar-refractivity contribution in [3.05, 3.63) is 91.0 Å². The minimum absolute atomic E-state index is 1.14. The minimum Gasteiger partial charge on any atom is -0.0683 e. The van der Waals surface area contributed by atoms with Crippen molar-refractivity contribution < 1.29 is 0 Å². The molecule has 0 aliphatic heterocycles. The van der Waals surface area contributed by atoms with Gasteiger partial charge in [0.05, 0.1) is 6.16 Å². The number of hydrogen-bond donors (Lipinski definition) is 0. The van der Waals surface area contributed by atoms with Gasteiger partial charge in [0.2, 0.25) is 0 Å². The van der Waals surface area contributed by atoms with Crippen LogP contribution in [0.3, 0.4) is 0 Å². The molecule has 0 aromatic heterocycles. The smallest absolute Gasteiger partial charge is 0.0683 e. The van der Waals surface area contributed by atoms with Gasteiger partial charge in [-0.15, -0.1) is 0 Å². The summed E-state index contributed by atoms with van der Waals surface area (Å²) in [5, 5.41) is 4.39. The lowest BCUT2D eigenvalue weighted by Gasteiger charge is -2.26. The van der Waals surface area contributed by atoms with Crippen molar-refractivity contribution in [1.82, 2.24) is 0 Å². The lowest BCUT2D eigenvalue weighted by atomic mass is 10.4. The Hall–Kier alpha value is -1.91. The second-order valence-corrected chi connectivity index (χ2v) is 8.93. The third-order valence-corrected chi connectivity index (χ3v) is 8.55. The first-order valence-corrected chi connectivity index (χ1v) is 10.4. The molecule has 0 saturated heterocycles. The van der Waals surface area contributed by atoms with Crippen LogP contribution in [0.25, 0.3) is 0 Å². The Bertz CT molecular complexity index is 578. The summed E-state index contributed by atoms with van der Waals surface area (Å²) in [6, 6.07) is 33.0. The van der Waals surface area contributed by atoms with Crippen molar-refractivity contribution in [3.63, 3.8) is 0 Å². The number of rotatable bonds is 4. The third-order valence-electron chi connectivity index (χ3n) is 4.07. The molecular formula is C22H26P+. The van der Waals surface area contributed by atoms with Gasteiger partial charge in [0.15, 0.2) is 0 Å². The van der Waals surface area contributed by atoms with Crippen LogP contribution in [0.15, 0.2) is 91.0 Å². The van der Waals surface area contributed by atoms with Gasteiger partial charge in [0.1, 0.15) is 23.2 Å². The quantitative estimate of drug-likeness (QED) is 0.591. The van der Waals surface area contributed by atoms with E-state index in [4.69, 9.17) is 0 Å². The lowest BCUT2D eigenvalue weighted by Crippen LogP contribution is -2.32. The van der Waals surface area contributed by atoms with Crippen molar-refractivity contribution in [2.75, 3.05) is 6.16 Å². The molecule has 0 spiro atoms. The van der Waals surface area contributed by atoms with E-state index in [1.165, 1.54) is 15.9 Å². The van der Waals surface area contributed by atoms with Crippen LogP contribution in [0.5, 0.6) is 0 Å². The number of benzene rings is 3. The second kappa shape index (κ2) is 8.65. The molecule has 23 heavy (non-hydrogen) atoms. The Morgan fingerprint density at radius 3 is 1.00 bits per heavy atom. The summed E-state index contributed by atoms with van der Waals surface area (Å²) in [4.78, 5) is 0. The van der Waals surface area contributed by atoms with E-state index in [-0.39, 0.29) is 0 Å². The summed E-state index contributed by atoms with van der Waals surface area (Å²) in [6.07, 6.45) is 1.14. The van der Waals surface area contributed by atoms with Crippen molar-refractivity contribution >= 4 is 23.2 Å². The van der Waals surface area contributed by atoms with Gasteiger partial charge in [0, 0.05) is 0 Å². The molecule has 0 fully saturated rings. The summed E-state index contributed by atoms with van der Waals surface area (Å²) >= 11 is 0. The monoisotopic (exact) mass is 321 g/mol. The summed E-state index contributed by atoms with van der Waals surface area (Å²) in [6.45, 7) is 6.32. The zero-order valence-corrected chi connectivity index (χ0v) is 15.2. The fraction of sp³-hybridized carbons (Fsp3) is 0.182. The van der Waals surface area contributed by atoms with E-state index in [2.05, 4.69) is 97.9 Å². The zero-order valence-electron chi connectivity index (χ0n) is 14.3. The van der Waals surface area contributed by atoms with Gasteiger partial charge >= 0.3 is 0 Å². The zero-order chi connectivity index (χ0) is 16.5. The molecule has 0 heterocycles. The summed E-state index contributed by atoms with van der Waals surface area (Å²) < 4.78 is 0. The van der Waals surface area contributed by atoms with Gasteiger partial charge in [-0.2, -0.15) is 0 Å². The molecule has 3 aromatic rings. The van der Waals surface area contributed by atoms with Crippen molar-refractivity contribution in [1.29, 1.82) is 0 Å². The Morgan fingerprint density at radius 2 is 0.783 bits per heavy atom. The average Bonchev–Trinajstić information content (AvgIpc) is 2.67. The largest absolute Gasteiger partial charge is 0.111 e.